The molecular formula is C17H20N4OS. The predicted octanol–water partition coefficient (Wildman–Crippen LogP) is 2.72. The quantitative estimate of drug-likeness (QED) is 0.722. The summed E-state index contributed by atoms with van der Waals surface area (Å²) in [7, 11) is 4.01. The Labute approximate surface area is 139 Å². The first-order valence-electron chi connectivity index (χ1n) is 7.68. The van der Waals surface area contributed by atoms with Gasteiger partial charge in [-0.15, -0.1) is 11.3 Å². The van der Waals surface area contributed by atoms with Crippen molar-refractivity contribution < 1.29 is 0 Å². The summed E-state index contributed by atoms with van der Waals surface area (Å²) in [5.74, 6) is 0. The van der Waals surface area contributed by atoms with E-state index >= 15 is 0 Å². The Bertz CT molecular complexity index is 882. The normalized spacial score (nSPS) is 11.1. The van der Waals surface area contributed by atoms with Crippen molar-refractivity contribution >= 4 is 27.2 Å². The van der Waals surface area contributed by atoms with Crippen LogP contribution in [0.25, 0.3) is 10.2 Å². The molecule has 5 nitrogen and oxygen atoms in total. The summed E-state index contributed by atoms with van der Waals surface area (Å²) in [5.41, 5.74) is 2.12. The van der Waals surface area contributed by atoms with Gasteiger partial charge in [0.1, 0.15) is 4.83 Å². The van der Waals surface area contributed by atoms with Crippen molar-refractivity contribution in [3.8, 4) is 0 Å². The number of fused-ring (bicyclic) bond motifs is 1. The summed E-state index contributed by atoms with van der Waals surface area (Å²) in [6, 6.07) is 5.99. The van der Waals surface area contributed by atoms with Gasteiger partial charge in [0.2, 0.25) is 0 Å². The van der Waals surface area contributed by atoms with Crippen molar-refractivity contribution in [1.29, 1.82) is 0 Å². The lowest BCUT2D eigenvalue weighted by molar-refractivity contribution is 0.654. The molecule has 3 rings (SSSR count). The van der Waals surface area contributed by atoms with Crippen molar-refractivity contribution in [2.75, 3.05) is 19.0 Å². The van der Waals surface area contributed by atoms with Crippen LogP contribution in [0.2, 0.25) is 0 Å². The molecule has 0 unspecified atom stereocenters. The van der Waals surface area contributed by atoms with Crippen molar-refractivity contribution in [2.24, 2.45) is 0 Å². The Morgan fingerprint density at radius 1 is 1.26 bits per heavy atom. The van der Waals surface area contributed by atoms with E-state index in [1.165, 1.54) is 4.88 Å². The highest BCUT2D eigenvalue weighted by atomic mass is 32.1. The van der Waals surface area contributed by atoms with Crippen molar-refractivity contribution in [3.05, 3.63) is 51.6 Å². The molecule has 0 saturated heterocycles. The molecule has 0 aliphatic heterocycles. The van der Waals surface area contributed by atoms with Crippen LogP contribution >= 0.6 is 11.3 Å². The number of anilines is 1. The highest BCUT2D eigenvalue weighted by Gasteiger charge is 2.08. The lowest BCUT2D eigenvalue weighted by Crippen LogP contribution is -2.21. The first-order valence-corrected chi connectivity index (χ1v) is 8.50. The number of thiophene rings is 1. The zero-order valence-corrected chi connectivity index (χ0v) is 14.4. The van der Waals surface area contributed by atoms with E-state index in [0.717, 1.165) is 28.0 Å². The van der Waals surface area contributed by atoms with Crippen LogP contribution in [0, 0.1) is 0 Å². The lowest BCUT2D eigenvalue weighted by atomic mass is 10.2. The van der Waals surface area contributed by atoms with E-state index in [2.05, 4.69) is 23.0 Å². The van der Waals surface area contributed by atoms with Gasteiger partial charge in [0.25, 0.3) is 5.56 Å². The largest absolute Gasteiger partial charge is 0.378 e. The summed E-state index contributed by atoms with van der Waals surface area (Å²) in [4.78, 5) is 25.4. The Morgan fingerprint density at radius 2 is 2.09 bits per heavy atom. The Balaban J connectivity index is 1.83. The van der Waals surface area contributed by atoms with Crippen LogP contribution in [0.15, 0.2) is 35.5 Å². The van der Waals surface area contributed by atoms with Crippen molar-refractivity contribution in [2.45, 2.75) is 26.3 Å². The number of hydrogen-bond acceptors (Lipinski definition) is 5. The zero-order chi connectivity index (χ0) is 16.4. The fraction of sp³-hybridized carbons (Fsp3) is 0.353. The molecule has 3 aromatic heterocycles. The lowest BCUT2D eigenvalue weighted by Gasteiger charge is -2.13. The van der Waals surface area contributed by atoms with Gasteiger partial charge in [-0.05, 0) is 24.6 Å². The van der Waals surface area contributed by atoms with Gasteiger partial charge < -0.3 is 4.90 Å². The van der Waals surface area contributed by atoms with Gasteiger partial charge in [-0.2, -0.15) is 0 Å². The molecule has 23 heavy (non-hydrogen) atoms. The van der Waals surface area contributed by atoms with E-state index in [0.29, 0.717) is 13.0 Å². The topological polar surface area (TPSA) is 51.0 Å². The van der Waals surface area contributed by atoms with Crippen molar-refractivity contribution in [1.82, 2.24) is 14.5 Å². The summed E-state index contributed by atoms with van der Waals surface area (Å²) in [5, 5.41) is 0.726. The standard InChI is InChI=1S/C17H20N4OS/c1-4-14-10-15-16(23-14)19-11-21(17(15)22)8-6-12-9-13(20(2)3)5-7-18-12/h5,7,9-11H,4,6,8H2,1-3H3. The Hall–Kier alpha value is -2.21. The minimum absolute atomic E-state index is 0.0368. The minimum Gasteiger partial charge on any atom is -0.378 e. The highest BCUT2D eigenvalue weighted by molar-refractivity contribution is 7.18. The number of aryl methyl sites for hydroxylation is 3. The van der Waals surface area contributed by atoms with E-state index in [-0.39, 0.29) is 5.56 Å². The second kappa shape index (κ2) is 6.50. The van der Waals surface area contributed by atoms with Crippen LogP contribution in [0.4, 0.5) is 5.69 Å². The van der Waals surface area contributed by atoms with Gasteiger partial charge in [0, 0.05) is 49.5 Å². The second-order valence-electron chi connectivity index (χ2n) is 5.68. The molecule has 3 aromatic rings. The van der Waals surface area contributed by atoms with Crippen LogP contribution in [0.5, 0.6) is 0 Å². The summed E-state index contributed by atoms with van der Waals surface area (Å²) < 4.78 is 1.68. The van der Waals surface area contributed by atoms with E-state index in [9.17, 15) is 4.79 Å². The molecule has 0 spiro atoms. The maximum Gasteiger partial charge on any atom is 0.262 e. The maximum atomic E-state index is 12.6. The van der Waals surface area contributed by atoms with Gasteiger partial charge in [0.05, 0.1) is 11.7 Å². The second-order valence-corrected chi connectivity index (χ2v) is 6.79. The fourth-order valence-electron chi connectivity index (χ4n) is 2.46. The van der Waals surface area contributed by atoms with Gasteiger partial charge in [0.15, 0.2) is 0 Å². The molecule has 0 aromatic carbocycles. The predicted molar refractivity (Wildman–Crippen MR) is 95.5 cm³/mol. The SMILES string of the molecule is CCc1cc2c(=O)n(CCc3cc(N(C)C)ccn3)cnc2s1. The fourth-order valence-corrected chi connectivity index (χ4v) is 3.38. The average molecular weight is 328 g/mol. The van der Waals surface area contributed by atoms with Crippen molar-refractivity contribution in [3.63, 3.8) is 0 Å². The van der Waals surface area contributed by atoms with Gasteiger partial charge in [-0.25, -0.2) is 4.98 Å². The Morgan fingerprint density at radius 3 is 2.83 bits per heavy atom. The summed E-state index contributed by atoms with van der Waals surface area (Å²) >= 11 is 1.60. The van der Waals surface area contributed by atoms with Crippen LogP contribution in [-0.2, 0) is 19.4 Å². The molecule has 3 heterocycles. The summed E-state index contributed by atoms with van der Waals surface area (Å²) in [6.07, 6.45) is 5.10. The number of aromatic nitrogens is 3. The van der Waals surface area contributed by atoms with E-state index in [1.807, 2.05) is 31.1 Å². The number of pyridine rings is 1. The molecule has 0 saturated carbocycles. The third kappa shape index (κ3) is 3.27. The molecule has 0 radical (unpaired) electrons. The third-order valence-electron chi connectivity index (χ3n) is 3.84. The molecule has 0 bridgehead atoms. The van der Waals surface area contributed by atoms with E-state index in [1.54, 1.807) is 28.4 Å². The van der Waals surface area contributed by atoms with E-state index < -0.39 is 0 Å². The van der Waals surface area contributed by atoms with Gasteiger partial charge in [-0.3, -0.25) is 14.3 Å². The van der Waals surface area contributed by atoms with Crippen LogP contribution in [0.3, 0.4) is 0 Å². The maximum absolute atomic E-state index is 12.6. The van der Waals surface area contributed by atoms with Gasteiger partial charge in [-0.1, -0.05) is 6.92 Å². The number of nitrogens with zero attached hydrogens (tertiary/aromatic N) is 4. The first kappa shape index (κ1) is 15.7. The van der Waals surface area contributed by atoms with E-state index in [4.69, 9.17) is 0 Å². The monoisotopic (exact) mass is 328 g/mol. The first-order chi connectivity index (χ1) is 11.1. The molecule has 0 aliphatic rings. The molecule has 0 aliphatic carbocycles. The van der Waals surface area contributed by atoms with Crippen LogP contribution < -0.4 is 10.5 Å². The zero-order valence-electron chi connectivity index (χ0n) is 13.6. The molecular weight excluding hydrogens is 308 g/mol. The minimum atomic E-state index is 0.0368. The molecule has 6 heteroatoms. The smallest absolute Gasteiger partial charge is 0.262 e. The molecule has 120 valence electrons. The highest BCUT2D eigenvalue weighted by Crippen LogP contribution is 2.21. The third-order valence-corrected chi connectivity index (χ3v) is 5.03. The molecule has 0 atom stereocenters. The molecule has 0 N–H and O–H groups in total. The molecule has 0 amide bonds. The van der Waals surface area contributed by atoms with Crippen LogP contribution in [0.1, 0.15) is 17.5 Å². The summed E-state index contributed by atoms with van der Waals surface area (Å²) in [6.45, 7) is 2.68. The van der Waals surface area contributed by atoms with Gasteiger partial charge >= 0.3 is 0 Å². The number of hydrogen-bond donors (Lipinski definition) is 0. The average Bonchev–Trinajstić information content (AvgIpc) is 2.99. The molecule has 0 fully saturated rings. The van der Waals surface area contributed by atoms with Crippen LogP contribution in [-0.4, -0.2) is 28.6 Å². The Kier molecular flexibility index (Phi) is 4.43. The number of rotatable bonds is 5.